The number of hydrogen-bond donors (Lipinski definition) is 1. The van der Waals surface area contributed by atoms with Crippen LogP contribution in [0.25, 0.3) is 0 Å². The molecule has 3 nitrogen and oxygen atoms in total. The first-order chi connectivity index (χ1) is 8.66. The van der Waals surface area contributed by atoms with Crippen LogP contribution in [-0.2, 0) is 11.2 Å². The van der Waals surface area contributed by atoms with Gasteiger partial charge in [-0.3, -0.25) is 4.79 Å². The summed E-state index contributed by atoms with van der Waals surface area (Å²) in [5, 5.41) is 3.32. The summed E-state index contributed by atoms with van der Waals surface area (Å²) in [5.41, 5.74) is 0.806. The average Bonchev–Trinajstić information content (AvgIpc) is 2.41. The summed E-state index contributed by atoms with van der Waals surface area (Å²) in [7, 11) is 0. The number of nitrogens with zero attached hydrogens (tertiary/aromatic N) is 1. The molecule has 0 atom stereocenters. The van der Waals surface area contributed by atoms with Crippen molar-refractivity contribution in [3.05, 3.63) is 34.6 Å². The Labute approximate surface area is 111 Å². The minimum absolute atomic E-state index is 0.118. The molecule has 0 spiro atoms. The van der Waals surface area contributed by atoms with E-state index in [9.17, 15) is 9.18 Å². The van der Waals surface area contributed by atoms with Gasteiger partial charge in [0.2, 0.25) is 5.91 Å². The molecule has 0 aliphatic carbocycles. The number of piperazine rings is 1. The van der Waals surface area contributed by atoms with E-state index in [-0.39, 0.29) is 10.9 Å². The van der Waals surface area contributed by atoms with Gasteiger partial charge in [-0.25, -0.2) is 4.39 Å². The minimum atomic E-state index is -0.427. The van der Waals surface area contributed by atoms with Crippen molar-refractivity contribution in [2.24, 2.45) is 0 Å². The van der Waals surface area contributed by atoms with Crippen LogP contribution in [-0.4, -0.2) is 37.0 Å². The zero-order valence-electron chi connectivity index (χ0n) is 10.1. The molecule has 1 amide bonds. The quantitative estimate of drug-likeness (QED) is 0.909. The van der Waals surface area contributed by atoms with Crippen molar-refractivity contribution in [2.75, 3.05) is 26.2 Å². The highest BCUT2D eigenvalue weighted by Gasteiger charge is 2.15. The molecular weight excluding hydrogens is 255 g/mol. The van der Waals surface area contributed by atoms with Crippen LogP contribution in [0.5, 0.6) is 0 Å². The molecule has 0 bridgehead atoms. The lowest BCUT2D eigenvalue weighted by molar-refractivity contribution is -0.131. The zero-order chi connectivity index (χ0) is 13.0. The van der Waals surface area contributed by atoms with Gasteiger partial charge in [0.15, 0.2) is 0 Å². The molecule has 1 N–H and O–H groups in total. The highest BCUT2D eigenvalue weighted by Crippen LogP contribution is 2.16. The lowest BCUT2D eigenvalue weighted by atomic mass is 10.1. The molecule has 1 aromatic carbocycles. The van der Waals surface area contributed by atoms with Crippen LogP contribution in [0, 0.1) is 5.82 Å². The zero-order valence-corrected chi connectivity index (χ0v) is 10.8. The largest absolute Gasteiger partial charge is 0.340 e. The van der Waals surface area contributed by atoms with Crippen molar-refractivity contribution in [1.29, 1.82) is 0 Å². The normalized spacial score (nSPS) is 15.8. The summed E-state index contributed by atoms with van der Waals surface area (Å²) in [4.78, 5) is 13.8. The second-order valence-corrected chi connectivity index (χ2v) is 4.79. The number of rotatable bonds is 3. The van der Waals surface area contributed by atoms with Crippen LogP contribution in [0.4, 0.5) is 4.39 Å². The maximum atomic E-state index is 13.2. The fraction of sp³-hybridized carbons (Fsp3) is 0.462. The standard InChI is InChI=1S/C13H16ClFN2O/c14-11-3-1-10(9-12(11)15)2-4-13(18)17-7-5-16-6-8-17/h1,3,9,16H,2,4-8H2. The van der Waals surface area contributed by atoms with Gasteiger partial charge in [-0.1, -0.05) is 17.7 Å². The molecule has 5 heteroatoms. The summed E-state index contributed by atoms with van der Waals surface area (Å²) >= 11 is 5.61. The van der Waals surface area contributed by atoms with Crippen LogP contribution in [0.1, 0.15) is 12.0 Å². The van der Waals surface area contributed by atoms with E-state index in [1.54, 1.807) is 6.07 Å². The van der Waals surface area contributed by atoms with E-state index in [1.165, 1.54) is 12.1 Å². The summed E-state index contributed by atoms with van der Waals surface area (Å²) in [6, 6.07) is 4.69. The highest BCUT2D eigenvalue weighted by atomic mass is 35.5. The summed E-state index contributed by atoms with van der Waals surface area (Å²) in [6.07, 6.45) is 0.970. The first kappa shape index (κ1) is 13.3. The predicted molar refractivity (Wildman–Crippen MR) is 69.2 cm³/mol. The van der Waals surface area contributed by atoms with Gasteiger partial charge in [-0.05, 0) is 24.1 Å². The molecule has 1 aliphatic rings. The Balaban J connectivity index is 1.86. The monoisotopic (exact) mass is 270 g/mol. The second kappa shape index (κ2) is 6.16. The molecule has 0 radical (unpaired) electrons. The van der Waals surface area contributed by atoms with E-state index in [0.29, 0.717) is 12.8 Å². The third-order valence-corrected chi connectivity index (χ3v) is 3.39. The smallest absolute Gasteiger partial charge is 0.222 e. The Morgan fingerprint density at radius 2 is 2.11 bits per heavy atom. The fourth-order valence-electron chi connectivity index (χ4n) is 2.02. The van der Waals surface area contributed by atoms with Crippen molar-refractivity contribution >= 4 is 17.5 Å². The van der Waals surface area contributed by atoms with Gasteiger partial charge in [-0.15, -0.1) is 0 Å². The van der Waals surface area contributed by atoms with Crippen molar-refractivity contribution in [3.8, 4) is 0 Å². The Bertz CT molecular complexity index is 433. The van der Waals surface area contributed by atoms with Crippen molar-refractivity contribution in [3.63, 3.8) is 0 Å². The number of carbonyl (C=O) groups excluding carboxylic acids is 1. The SMILES string of the molecule is O=C(CCc1ccc(Cl)c(F)c1)N1CCNCC1. The first-order valence-electron chi connectivity index (χ1n) is 6.09. The molecule has 0 aromatic heterocycles. The molecule has 1 fully saturated rings. The number of halogens is 2. The second-order valence-electron chi connectivity index (χ2n) is 4.38. The van der Waals surface area contributed by atoms with Gasteiger partial charge < -0.3 is 10.2 Å². The Morgan fingerprint density at radius 3 is 2.78 bits per heavy atom. The Morgan fingerprint density at radius 1 is 1.39 bits per heavy atom. The molecule has 0 unspecified atom stereocenters. The van der Waals surface area contributed by atoms with E-state index in [1.807, 2.05) is 4.90 Å². The van der Waals surface area contributed by atoms with Crippen molar-refractivity contribution in [1.82, 2.24) is 10.2 Å². The molecule has 1 aromatic rings. The molecule has 1 saturated heterocycles. The van der Waals surface area contributed by atoms with Gasteiger partial charge in [0, 0.05) is 32.6 Å². The maximum Gasteiger partial charge on any atom is 0.222 e. The first-order valence-corrected chi connectivity index (χ1v) is 6.47. The molecule has 18 heavy (non-hydrogen) atoms. The summed E-state index contributed by atoms with van der Waals surface area (Å²) in [6.45, 7) is 3.21. The topological polar surface area (TPSA) is 32.3 Å². The number of nitrogens with one attached hydrogen (secondary N) is 1. The molecular formula is C13H16ClFN2O. The number of amides is 1. The summed E-state index contributed by atoms with van der Waals surface area (Å²) in [5.74, 6) is -0.296. The van der Waals surface area contributed by atoms with Crippen LogP contribution < -0.4 is 5.32 Å². The van der Waals surface area contributed by atoms with E-state index in [4.69, 9.17) is 11.6 Å². The number of hydrogen-bond acceptors (Lipinski definition) is 2. The van der Waals surface area contributed by atoms with Gasteiger partial charge in [0.05, 0.1) is 5.02 Å². The predicted octanol–water partition coefficient (Wildman–Crippen LogP) is 1.84. The number of aryl methyl sites for hydroxylation is 1. The molecule has 0 saturated carbocycles. The average molecular weight is 271 g/mol. The van der Waals surface area contributed by atoms with Crippen molar-refractivity contribution in [2.45, 2.75) is 12.8 Å². The summed E-state index contributed by atoms with van der Waals surface area (Å²) < 4.78 is 13.2. The molecule has 2 rings (SSSR count). The van der Waals surface area contributed by atoms with Gasteiger partial charge in [0.1, 0.15) is 5.82 Å². The van der Waals surface area contributed by atoms with Gasteiger partial charge in [-0.2, -0.15) is 0 Å². The molecule has 1 heterocycles. The van der Waals surface area contributed by atoms with Crippen molar-refractivity contribution < 1.29 is 9.18 Å². The van der Waals surface area contributed by atoms with Gasteiger partial charge >= 0.3 is 0 Å². The lowest BCUT2D eigenvalue weighted by Gasteiger charge is -2.27. The number of benzene rings is 1. The van der Waals surface area contributed by atoms with Crippen LogP contribution >= 0.6 is 11.6 Å². The van der Waals surface area contributed by atoms with Crippen LogP contribution in [0.2, 0.25) is 5.02 Å². The van der Waals surface area contributed by atoms with E-state index in [2.05, 4.69) is 5.32 Å². The Hall–Kier alpha value is -1.13. The Kier molecular flexibility index (Phi) is 4.55. The molecule has 1 aliphatic heterocycles. The van der Waals surface area contributed by atoms with Gasteiger partial charge in [0.25, 0.3) is 0 Å². The van der Waals surface area contributed by atoms with Crippen LogP contribution in [0.3, 0.4) is 0 Å². The number of carbonyl (C=O) groups is 1. The minimum Gasteiger partial charge on any atom is -0.340 e. The fourth-order valence-corrected chi connectivity index (χ4v) is 2.14. The third-order valence-electron chi connectivity index (χ3n) is 3.08. The van der Waals surface area contributed by atoms with E-state index < -0.39 is 5.82 Å². The lowest BCUT2D eigenvalue weighted by Crippen LogP contribution is -2.46. The van der Waals surface area contributed by atoms with E-state index in [0.717, 1.165) is 31.7 Å². The maximum absolute atomic E-state index is 13.2. The van der Waals surface area contributed by atoms with E-state index >= 15 is 0 Å². The highest BCUT2D eigenvalue weighted by molar-refractivity contribution is 6.30. The third kappa shape index (κ3) is 3.43. The molecule has 98 valence electrons. The van der Waals surface area contributed by atoms with Crippen LogP contribution in [0.15, 0.2) is 18.2 Å².